The maximum absolute atomic E-state index is 12.9. The number of amides is 2. The molecular formula is C22H26N4O5S. The second-order valence-corrected chi connectivity index (χ2v) is 9.60. The number of carbonyl (C=O) groups is 2. The quantitative estimate of drug-likeness (QED) is 0.656. The van der Waals surface area contributed by atoms with Crippen molar-refractivity contribution in [2.45, 2.75) is 11.4 Å². The molecule has 2 amide bonds. The van der Waals surface area contributed by atoms with E-state index in [-0.39, 0.29) is 41.9 Å². The van der Waals surface area contributed by atoms with Gasteiger partial charge < -0.3 is 20.3 Å². The lowest BCUT2D eigenvalue weighted by molar-refractivity contribution is -0.122. The van der Waals surface area contributed by atoms with Gasteiger partial charge in [0.25, 0.3) is 5.91 Å². The van der Waals surface area contributed by atoms with Crippen molar-refractivity contribution in [3.8, 4) is 0 Å². The molecule has 170 valence electrons. The largest absolute Gasteiger partial charge is 0.378 e. The fraction of sp³-hybridized carbons (Fsp3) is 0.364. The van der Waals surface area contributed by atoms with E-state index in [1.165, 1.54) is 18.2 Å². The van der Waals surface area contributed by atoms with Crippen LogP contribution < -0.4 is 15.5 Å². The fourth-order valence-corrected chi connectivity index (χ4v) is 5.14. The number of hydrogen-bond donors (Lipinski definition) is 2. The van der Waals surface area contributed by atoms with Crippen LogP contribution in [0, 0.1) is 0 Å². The highest BCUT2D eigenvalue weighted by Gasteiger charge is 2.29. The van der Waals surface area contributed by atoms with Gasteiger partial charge in [-0.1, -0.05) is 18.2 Å². The number of ether oxygens (including phenoxy) is 1. The number of hydrogen-bond acceptors (Lipinski definition) is 6. The number of piperazine rings is 1. The van der Waals surface area contributed by atoms with Crippen molar-refractivity contribution in [1.82, 2.24) is 14.9 Å². The summed E-state index contributed by atoms with van der Waals surface area (Å²) in [5.41, 5.74) is 2.31. The maximum atomic E-state index is 12.9. The average Bonchev–Trinajstić information content (AvgIpc) is 2.83. The molecule has 9 nitrogen and oxygen atoms in total. The van der Waals surface area contributed by atoms with Crippen molar-refractivity contribution < 1.29 is 22.7 Å². The molecule has 0 radical (unpaired) electrons. The van der Waals surface area contributed by atoms with Gasteiger partial charge in [0.05, 0.1) is 24.7 Å². The van der Waals surface area contributed by atoms with Gasteiger partial charge in [0, 0.05) is 44.0 Å². The summed E-state index contributed by atoms with van der Waals surface area (Å²) in [6.07, 6.45) is 0. The van der Waals surface area contributed by atoms with Crippen molar-refractivity contribution in [3.63, 3.8) is 0 Å². The molecule has 0 spiro atoms. The summed E-state index contributed by atoms with van der Waals surface area (Å²) >= 11 is 0. The van der Waals surface area contributed by atoms with E-state index < -0.39 is 10.0 Å². The molecule has 2 saturated heterocycles. The predicted molar refractivity (Wildman–Crippen MR) is 119 cm³/mol. The van der Waals surface area contributed by atoms with Crippen LogP contribution in [-0.4, -0.2) is 70.5 Å². The van der Waals surface area contributed by atoms with E-state index >= 15 is 0 Å². The van der Waals surface area contributed by atoms with E-state index in [1.807, 2.05) is 24.3 Å². The fourth-order valence-electron chi connectivity index (χ4n) is 3.70. The normalized spacial score (nSPS) is 17.6. The number of sulfonamides is 1. The molecule has 0 aliphatic carbocycles. The van der Waals surface area contributed by atoms with Crippen LogP contribution in [0.1, 0.15) is 15.9 Å². The number of morpholine rings is 1. The van der Waals surface area contributed by atoms with Gasteiger partial charge in [-0.05, 0) is 35.9 Å². The minimum atomic E-state index is -3.85. The van der Waals surface area contributed by atoms with Crippen LogP contribution in [-0.2, 0) is 26.1 Å². The van der Waals surface area contributed by atoms with E-state index in [2.05, 4.69) is 15.5 Å². The van der Waals surface area contributed by atoms with E-state index in [0.29, 0.717) is 6.54 Å². The summed E-state index contributed by atoms with van der Waals surface area (Å²) in [5, 5.41) is 5.44. The minimum Gasteiger partial charge on any atom is -0.378 e. The maximum Gasteiger partial charge on any atom is 0.251 e. The summed E-state index contributed by atoms with van der Waals surface area (Å²) in [4.78, 5) is 26.5. The van der Waals surface area contributed by atoms with Gasteiger partial charge in [0.1, 0.15) is 0 Å². The molecule has 0 unspecified atom stereocenters. The molecule has 0 bridgehead atoms. The molecule has 0 saturated carbocycles. The first kappa shape index (κ1) is 22.3. The number of nitrogens with one attached hydrogen (secondary N) is 2. The molecule has 10 heteroatoms. The third-order valence-corrected chi connectivity index (χ3v) is 7.34. The third-order valence-electron chi connectivity index (χ3n) is 5.50. The lowest BCUT2D eigenvalue weighted by Crippen LogP contribution is -2.49. The van der Waals surface area contributed by atoms with Gasteiger partial charge in [-0.2, -0.15) is 4.31 Å². The molecule has 2 fully saturated rings. The zero-order valence-electron chi connectivity index (χ0n) is 17.6. The Balaban J connectivity index is 1.39. The van der Waals surface area contributed by atoms with E-state index in [9.17, 15) is 18.0 Å². The second-order valence-electron chi connectivity index (χ2n) is 7.66. The summed E-state index contributed by atoms with van der Waals surface area (Å²) in [5.74, 6) is -0.705. The lowest BCUT2D eigenvalue weighted by atomic mass is 10.1. The van der Waals surface area contributed by atoms with Gasteiger partial charge in [0.2, 0.25) is 15.9 Å². The molecule has 4 rings (SSSR count). The molecular weight excluding hydrogens is 432 g/mol. The first-order valence-electron chi connectivity index (χ1n) is 10.5. The highest BCUT2D eigenvalue weighted by Crippen LogP contribution is 2.19. The molecule has 2 aliphatic heterocycles. The smallest absolute Gasteiger partial charge is 0.251 e. The SMILES string of the molecule is O=C1CN(S(=O)(=O)c2cccc(C(=O)NCc3ccc(N4CCOCC4)cc3)c2)CCN1. The van der Waals surface area contributed by atoms with Crippen LogP contribution in [0.3, 0.4) is 0 Å². The first-order valence-corrected chi connectivity index (χ1v) is 11.9. The van der Waals surface area contributed by atoms with Gasteiger partial charge >= 0.3 is 0 Å². The van der Waals surface area contributed by atoms with Crippen molar-refractivity contribution in [2.24, 2.45) is 0 Å². The first-order chi connectivity index (χ1) is 15.4. The summed E-state index contributed by atoms with van der Waals surface area (Å²) in [6, 6.07) is 13.9. The van der Waals surface area contributed by atoms with Gasteiger partial charge in [-0.25, -0.2) is 8.42 Å². The van der Waals surface area contributed by atoms with Gasteiger partial charge in [0.15, 0.2) is 0 Å². The Bertz CT molecular complexity index is 1080. The van der Waals surface area contributed by atoms with Crippen molar-refractivity contribution in [2.75, 3.05) is 50.8 Å². The van der Waals surface area contributed by atoms with Crippen LogP contribution in [0.25, 0.3) is 0 Å². The Kier molecular flexibility index (Phi) is 6.73. The Morgan fingerprint density at radius 2 is 1.81 bits per heavy atom. The Labute approximate surface area is 187 Å². The average molecular weight is 459 g/mol. The van der Waals surface area contributed by atoms with Gasteiger partial charge in [-0.3, -0.25) is 9.59 Å². The van der Waals surface area contributed by atoms with E-state index in [4.69, 9.17) is 4.74 Å². The zero-order chi connectivity index (χ0) is 22.6. The number of anilines is 1. The highest BCUT2D eigenvalue weighted by molar-refractivity contribution is 7.89. The molecule has 32 heavy (non-hydrogen) atoms. The van der Waals surface area contributed by atoms with Crippen molar-refractivity contribution in [1.29, 1.82) is 0 Å². The molecule has 2 N–H and O–H groups in total. The van der Waals surface area contributed by atoms with E-state index in [1.54, 1.807) is 6.07 Å². The molecule has 2 aliphatic rings. The van der Waals surface area contributed by atoms with Crippen LogP contribution in [0.15, 0.2) is 53.4 Å². The number of rotatable bonds is 6. The van der Waals surface area contributed by atoms with Crippen molar-refractivity contribution in [3.05, 3.63) is 59.7 Å². The number of nitrogens with zero attached hydrogens (tertiary/aromatic N) is 2. The monoisotopic (exact) mass is 458 g/mol. The molecule has 2 aromatic rings. The Morgan fingerprint density at radius 3 is 2.53 bits per heavy atom. The summed E-state index contributed by atoms with van der Waals surface area (Å²) in [7, 11) is -3.85. The van der Waals surface area contributed by atoms with Crippen LogP contribution in [0.4, 0.5) is 5.69 Å². The lowest BCUT2D eigenvalue weighted by Gasteiger charge is -2.28. The number of carbonyl (C=O) groups excluding carboxylic acids is 2. The molecule has 2 heterocycles. The minimum absolute atomic E-state index is 0.00489. The van der Waals surface area contributed by atoms with Crippen LogP contribution in [0.5, 0.6) is 0 Å². The molecule has 2 aromatic carbocycles. The Hall–Kier alpha value is -2.95. The molecule has 0 aromatic heterocycles. The van der Waals surface area contributed by atoms with Crippen LogP contribution >= 0.6 is 0 Å². The summed E-state index contributed by atoms with van der Waals surface area (Å²) in [6.45, 7) is 3.72. The number of benzene rings is 2. The standard InChI is InChI=1S/C22H26N4O5S/c27-21-16-26(9-8-23-21)32(29,30)20-3-1-2-18(14-20)22(28)24-15-17-4-6-19(7-5-17)25-10-12-31-13-11-25/h1-7,14H,8-13,15-16H2,(H,23,27)(H,24,28). The zero-order valence-corrected chi connectivity index (χ0v) is 18.4. The van der Waals surface area contributed by atoms with Crippen molar-refractivity contribution >= 4 is 27.5 Å². The second kappa shape index (κ2) is 9.68. The highest BCUT2D eigenvalue weighted by atomic mass is 32.2. The topological polar surface area (TPSA) is 108 Å². The summed E-state index contributed by atoms with van der Waals surface area (Å²) < 4.78 is 32.2. The van der Waals surface area contributed by atoms with E-state index in [0.717, 1.165) is 41.9 Å². The molecule has 0 atom stereocenters. The Morgan fingerprint density at radius 1 is 1.06 bits per heavy atom. The predicted octanol–water partition coefficient (Wildman–Crippen LogP) is 0.574. The van der Waals surface area contributed by atoms with Crippen LogP contribution in [0.2, 0.25) is 0 Å². The third kappa shape index (κ3) is 5.09. The van der Waals surface area contributed by atoms with Gasteiger partial charge in [-0.15, -0.1) is 0 Å².